The third-order valence-corrected chi connectivity index (χ3v) is 15.2. The van der Waals surface area contributed by atoms with Gasteiger partial charge in [0.05, 0.1) is 43.7 Å². The number of hydrogen-bond donors (Lipinski definition) is 6. The molecule has 0 saturated carbocycles. The van der Waals surface area contributed by atoms with Crippen LogP contribution in [-0.4, -0.2) is 110 Å². The van der Waals surface area contributed by atoms with Gasteiger partial charge in [0, 0.05) is 49.5 Å². The maximum absolute atomic E-state index is 13.1. The van der Waals surface area contributed by atoms with Crippen LogP contribution in [0.4, 0.5) is 0 Å². The SMILES string of the molecule is C=C(CC(CC(O)C(C)C(O)CC(O)C(C)(C)C(O)C/C(C)=C/C(O)C1(C)OC2CC(C)CC(O)CC(C)CC(C)=CC(=O)OC1C2)OC(=O)CCCCCCCCCCCCCCC)C(=C)OC. The van der Waals surface area contributed by atoms with Crippen LogP contribution in [0.2, 0.25) is 0 Å². The first-order valence-corrected chi connectivity index (χ1v) is 26.8. The Morgan fingerprint density at radius 1 is 0.855 bits per heavy atom. The summed E-state index contributed by atoms with van der Waals surface area (Å²) in [4.78, 5) is 26.2. The standard InChI is InChI=1S/C57H100O12/c1-13-14-15-16-17-18-19-20-21-22-23-24-25-26-54(64)67-46(34-42(6)44(8)66-12)35-48(59)43(7)49(60)37-51(62)56(9,10)50(61)31-41(5)32-52(63)57(11)53-36-47(69-57)30-40(4)29-45(58)28-38(2)27-39(3)33-55(65)68-53/h32-33,38,40,43,45-53,58-63H,6,8,13-31,34-37H2,1-5,7,9-12H3/b39-33?,41-32+. The molecule has 0 aliphatic carbocycles. The first kappa shape index (κ1) is 62.5. The molecule has 400 valence electrons. The molecule has 13 atom stereocenters. The van der Waals surface area contributed by atoms with Gasteiger partial charge in [0.15, 0.2) is 0 Å². The molecule has 6 N–H and O–H groups in total. The highest BCUT2D eigenvalue weighted by Gasteiger charge is 2.52. The highest BCUT2D eigenvalue weighted by atomic mass is 16.6. The van der Waals surface area contributed by atoms with E-state index in [9.17, 15) is 40.2 Å². The Hall–Kier alpha value is -2.58. The van der Waals surface area contributed by atoms with E-state index >= 15 is 0 Å². The largest absolute Gasteiger partial charge is 0.497 e. The number of hydrogen-bond acceptors (Lipinski definition) is 12. The first-order chi connectivity index (χ1) is 32.4. The van der Waals surface area contributed by atoms with Crippen LogP contribution in [0.5, 0.6) is 0 Å². The quantitative estimate of drug-likeness (QED) is 0.0127. The fourth-order valence-electron chi connectivity index (χ4n) is 10.2. The lowest BCUT2D eigenvalue weighted by Crippen LogP contribution is -2.48. The molecule has 0 amide bonds. The van der Waals surface area contributed by atoms with E-state index in [0.717, 1.165) is 31.3 Å². The number of unbranched alkanes of at least 4 members (excludes halogenated alkanes) is 12. The van der Waals surface area contributed by atoms with Gasteiger partial charge in [0.1, 0.15) is 29.7 Å². The number of rotatable bonds is 31. The molecule has 12 nitrogen and oxygen atoms in total. The Morgan fingerprint density at radius 3 is 1.99 bits per heavy atom. The van der Waals surface area contributed by atoms with Gasteiger partial charge in [-0.3, -0.25) is 4.79 Å². The van der Waals surface area contributed by atoms with Crippen molar-refractivity contribution in [2.75, 3.05) is 7.11 Å². The van der Waals surface area contributed by atoms with Crippen molar-refractivity contribution in [2.45, 2.75) is 271 Å². The molecule has 0 radical (unpaired) electrons. The number of methoxy groups -OCH3 is 1. The second-order valence-corrected chi connectivity index (χ2v) is 22.4. The number of aliphatic hydroxyl groups is 6. The lowest BCUT2D eigenvalue weighted by molar-refractivity contribution is -0.164. The van der Waals surface area contributed by atoms with Gasteiger partial charge in [-0.2, -0.15) is 0 Å². The predicted octanol–water partition coefficient (Wildman–Crippen LogP) is 10.7. The van der Waals surface area contributed by atoms with E-state index in [4.69, 9.17) is 18.9 Å². The number of fused-ring (bicyclic) bond motifs is 2. The smallest absolute Gasteiger partial charge is 0.331 e. The van der Waals surface area contributed by atoms with Crippen LogP contribution in [0.25, 0.3) is 0 Å². The summed E-state index contributed by atoms with van der Waals surface area (Å²) in [7, 11) is 1.48. The van der Waals surface area contributed by atoms with Gasteiger partial charge >= 0.3 is 11.9 Å². The van der Waals surface area contributed by atoms with Crippen molar-refractivity contribution in [1.82, 2.24) is 0 Å². The van der Waals surface area contributed by atoms with Gasteiger partial charge in [-0.15, -0.1) is 0 Å². The highest BCUT2D eigenvalue weighted by molar-refractivity contribution is 5.83. The molecule has 0 spiro atoms. The van der Waals surface area contributed by atoms with Crippen LogP contribution in [0, 0.1) is 23.2 Å². The van der Waals surface area contributed by atoms with Gasteiger partial charge < -0.3 is 49.6 Å². The number of esters is 2. The topological polar surface area (TPSA) is 192 Å². The Balaban J connectivity index is 2.00. The fraction of sp³-hybridized carbons (Fsp3) is 0.825. The van der Waals surface area contributed by atoms with Crippen LogP contribution in [0.15, 0.2) is 47.8 Å². The summed E-state index contributed by atoms with van der Waals surface area (Å²) >= 11 is 0. The Kier molecular flexibility index (Phi) is 28.8. The summed E-state index contributed by atoms with van der Waals surface area (Å²) in [5.74, 6) is -0.916. The summed E-state index contributed by atoms with van der Waals surface area (Å²) in [5, 5.41) is 68.3. The van der Waals surface area contributed by atoms with Gasteiger partial charge in [-0.25, -0.2) is 4.79 Å². The molecule has 0 aromatic rings. The molecule has 0 aromatic heterocycles. The second kappa shape index (κ2) is 31.8. The van der Waals surface area contributed by atoms with E-state index in [1.807, 2.05) is 6.92 Å². The fourth-order valence-corrected chi connectivity index (χ4v) is 10.2. The van der Waals surface area contributed by atoms with Crippen molar-refractivity contribution in [3.05, 3.63) is 47.8 Å². The van der Waals surface area contributed by atoms with E-state index in [0.29, 0.717) is 49.0 Å². The zero-order valence-corrected chi connectivity index (χ0v) is 44.9. The number of ether oxygens (including phenoxy) is 4. The van der Waals surface area contributed by atoms with Crippen LogP contribution < -0.4 is 0 Å². The molecule has 2 aliphatic heterocycles. The summed E-state index contributed by atoms with van der Waals surface area (Å²) in [6.07, 6.45) is 14.0. The van der Waals surface area contributed by atoms with E-state index in [1.165, 1.54) is 71.0 Å². The molecular weight excluding hydrogens is 877 g/mol. The van der Waals surface area contributed by atoms with Crippen molar-refractivity contribution < 1.29 is 59.2 Å². The van der Waals surface area contributed by atoms with Crippen LogP contribution in [0.3, 0.4) is 0 Å². The Bertz CT molecular complexity index is 1590. The van der Waals surface area contributed by atoms with Gasteiger partial charge in [-0.05, 0) is 76.7 Å². The average Bonchev–Trinajstić information content (AvgIpc) is 3.57. The molecule has 69 heavy (non-hydrogen) atoms. The number of allylic oxidation sites excluding steroid dienone is 2. The summed E-state index contributed by atoms with van der Waals surface area (Å²) in [6.45, 7) is 24.7. The first-order valence-electron chi connectivity index (χ1n) is 26.8. The van der Waals surface area contributed by atoms with E-state index < -0.39 is 71.7 Å². The number of carbonyl (C=O) groups excluding carboxylic acids is 2. The molecule has 13 unspecified atom stereocenters. The molecule has 2 bridgehead atoms. The normalized spacial score (nSPS) is 26.1. The van der Waals surface area contributed by atoms with E-state index in [2.05, 4.69) is 33.9 Å². The molecule has 1 fully saturated rings. The minimum atomic E-state index is -1.29. The zero-order chi connectivity index (χ0) is 51.9. The summed E-state index contributed by atoms with van der Waals surface area (Å²) < 4.78 is 23.6. The third kappa shape index (κ3) is 22.8. The molecular formula is C57H100O12. The predicted molar refractivity (Wildman–Crippen MR) is 275 cm³/mol. The molecule has 2 rings (SSSR count). The van der Waals surface area contributed by atoms with Gasteiger partial charge in [0.2, 0.25) is 0 Å². The van der Waals surface area contributed by atoms with Gasteiger partial charge in [-0.1, -0.05) is 149 Å². The minimum absolute atomic E-state index is 0.0220. The molecule has 1 saturated heterocycles. The minimum Gasteiger partial charge on any atom is -0.497 e. The second-order valence-electron chi connectivity index (χ2n) is 22.4. The molecule has 2 heterocycles. The average molecular weight is 977 g/mol. The van der Waals surface area contributed by atoms with Crippen LogP contribution >= 0.6 is 0 Å². The van der Waals surface area contributed by atoms with E-state index in [-0.39, 0.29) is 56.0 Å². The van der Waals surface area contributed by atoms with Crippen molar-refractivity contribution in [3.8, 4) is 0 Å². The van der Waals surface area contributed by atoms with Crippen LogP contribution in [-0.2, 0) is 28.5 Å². The summed E-state index contributed by atoms with van der Waals surface area (Å²) in [6, 6.07) is 0. The highest BCUT2D eigenvalue weighted by Crippen LogP contribution is 2.41. The molecule has 2 aliphatic rings. The Morgan fingerprint density at radius 2 is 1.41 bits per heavy atom. The zero-order valence-electron chi connectivity index (χ0n) is 44.9. The number of aliphatic hydroxyl groups excluding tert-OH is 6. The lowest BCUT2D eigenvalue weighted by Gasteiger charge is -2.38. The van der Waals surface area contributed by atoms with Gasteiger partial charge in [0.25, 0.3) is 0 Å². The van der Waals surface area contributed by atoms with Crippen molar-refractivity contribution in [1.29, 1.82) is 0 Å². The van der Waals surface area contributed by atoms with Crippen molar-refractivity contribution >= 4 is 11.9 Å². The monoisotopic (exact) mass is 977 g/mol. The third-order valence-electron chi connectivity index (χ3n) is 15.2. The van der Waals surface area contributed by atoms with Crippen molar-refractivity contribution in [3.63, 3.8) is 0 Å². The lowest BCUT2D eigenvalue weighted by atomic mass is 9.75. The maximum atomic E-state index is 13.1. The molecule has 0 aromatic carbocycles. The van der Waals surface area contributed by atoms with Crippen LogP contribution in [0.1, 0.15) is 210 Å². The summed E-state index contributed by atoms with van der Waals surface area (Å²) in [5.41, 5.74) is -0.410. The maximum Gasteiger partial charge on any atom is 0.331 e. The van der Waals surface area contributed by atoms with E-state index in [1.54, 1.807) is 40.7 Å². The molecule has 12 heteroatoms. The number of carbonyl (C=O) groups is 2. The Labute approximate surface area is 418 Å². The van der Waals surface area contributed by atoms with Crippen molar-refractivity contribution in [2.24, 2.45) is 23.2 Å².